The lowest BCUT2D eigenvalue weighted by Gasteiger charge is -2.11. The van der Waals surface area contributed by atoms with Crippen LogP contribution >= 0.6 is 24.4 Å². The highest BCUT2D eigenvalue weighted by Gasteiger charge is 2.01. The molecule has 0 aliphatic heterocycles. The van der Waals surface area contributed by atoms with Gasteiger partial charge in [0.25, 0.3) is 0 Å². The third-order valence-electron chi connectivity index (χ3n) is 3.20. The van der Waals surface area contributed by atoms with Crippen molar-refractivity contribution in [1.82, 2.24) is 5.43 Å². The zero-order chi connectivity index (χ0) is 17.5. The predicted octanol–water partition coefficient (Wildman–Crippen LogP) is 3.36. The minimum absolute atomic E-state index is 0.139. The number of nitrogens with zero attached hydrogens (tertiary/aromatic N) is 1. The van der Waals surface area contributed by atoms with Gasteiger partial charge in [-0.3, -0.25) is 5.43 Å². The summed E-state index contributed by atoms with van der Waals surface area (Å²) in [7, 11) is 0. The molecule has 2 aromatic carbocycles. The number of benzene rings is 2. The molecule has 0 amide bonds. The van der Waals surface area contributed by atoms with E-state index in [1.807, 2.05) is 62.4 Å². The number of nitrogens with two attached hydrogens (primary N) is 1. The molecule has 2 rings (SSSR count). The summed E-state index contributed by atoms with van der Waals surface area (Å²) in [6.45, 7) is 3.92. The van der Waals surface area contributed by atoms with Crippen LogP contribution in [-0.2, 0) is 0 Å². The third kappa shape index (κ3) is 5.60. The van der Waals surface area contributed by atoms with Crippen LogP contribution < -0.4 is 21.8 Å². The zero-order valence-corrected chi connectivity index (χ0v) is 15.1. The lowest BCUT2D eigenvalue weighted by Crippen LogP contribution is -2.25. The van der Waals surface area contributed by atoms with E-state index in [9.17, 15) is 0 Å². The van der Waals surface area contributed by atoms with Crippen LogP contribution in [0.3, 0.4) is 0 Å². The summed E-state index contributed by atoms with van der Waals surface area (Å²) < 4.78 is 0. The zero-order valence-electron chi connectivity index (χ0n) is 13.5. The van der Waals surface area contributed by atoms with Gasteiger partial charge in [-0.1, -0.05) is 29.8 Å². The van der Waals surface area contributed by atoms with Crippen LogP contribution in [0.4, 0.5) is 11.4 Å². The van der Waals surface area contributed by atoms with Crippen molar-refractivity contribution in [2.24, 2.45) is 10.8 Å². The molecule has 0 saturated heterocycles. The molecule has 2 aromatic rings. The maximum atomic E-state index is 5.35. The van der Waals surface area contributed by atoms with E-state index in [1.54, 1.807) is 0 Å². The van der Waals surface area contributed by atoms with Crippen molar-refractivity contribution in [2.75, 3.05) is 10.6 Å². The first-order valence-electron chi connectivity index (χ1n) is 7.29. The molecular weight excluding hydrogens is 338 g/mol. The van der Waals surface area contributed by atoms with Crippen LogP contribution in [-0.4, -0.2) is 15.9 Å². The summed E-state index contributed by atoms with van der Waals surface area (Å²) in [5, 5.41) is 11.1. The molecule has 0 unspecified atom stereocenters. The van der Waals surface area contributed by atoms with Crippen molar-refractivity contribution >= 4 is 51.7 Å². The summed E-state index contributed by atoms with van der Waals surface area (Å²) in [5.74, 6) is 0. The number of thiocarbonyl (C=S) groups is 2. The number of hydrogen-bond donors (Lipinski definition) is 4. The molecule has 0 aliphatic carbocycles. The highest BCUT2D eigenvalue weighted by atomic mass is 32.1. The summed E-state index contributed by atoms with van der Waals surface area (Å²) in [6.07, 6.45) is 0. The van der Waals surface area contributed by atoms with Crippen molar-refractivity contribution in [3.63, 3.8) is 0 Å². The van der Waals surface area contributed by atoms with E-state index in [1.165, 1.54) is 5.56 Å². The van der Waals surface area contributed by atoms with Crippen molar-refractivity contribution in [2.45, 2.75) is 13.8 Å². The Hall–Kier alpha value is -2.51. The standard InChI is InChI=1S/C17H19N5S2/c1-11-3-7-14(8-4-11)19-17(24)20-15-9-5-13(6-10-15)12(2)21-22-16(18)23/h3-10H,1-2H3,(H3,18,22,23)(H2,19,20,24). The Bertz CT molecular complexity index is 752. The molecule has 0 heterocycles. The van der Waals surface area contributed by atoms with Crippen molar-refractivity contribution in [3.8, 4) is 0 Å². The Balaban J connectivity index is 1.95. The smallest absolute Gasteiger partial charge is 0.184 e. The quantitative estimate of drug-likeness (QED) is 0.382. The third-order valence-corrected chi connectivity index (χ3v) is 3.50. The van der Waals surface area contributed by atoms with Gasteiger partial charge in [0.05, 0.1) is 5.71 Å². The second-order valence-corrected chi connectivity index (χ2v) is 6.04. The highest BCUT2D eigenvalue weighted by molar-refractivity contribution is 7.80. The minimum atomic E-state index is 0.139. The van der Waals surface area contributed by atoms with Crippen LogP contribution in [0.2, 0.25) is 0 Å². The van der Waals surface area contributed by atoms with Gasteiger partial charge in [0.2, 0.25) is 0 Å². The van der Waals surface area contributed by atoms with Crippen LogP contribution in [0.25, 0.3) is 0 Å². The van der Waals surface area contributed by atoms with Gasteiger partial charge in [-0.15, -0.1) is 0 Å². The van der Waals surface area contributed by atoms with Gasteiger partial charge < -0.3 is 16.4 Å². The summed E-state index contributed by atoms with van der Waals surface area (Å²) in [5.41, 5.74) is 12.7. The first-order chi connectivity index (χ1) is 11.4. The first kappa shape index (κ1) is 17.8. The molecule has 0 bridgehead atoms. The molecule has 24 heavy (non-hydrogen) atoms. The molecule has 5 nitrogen and oxygen atoms in total. The van der Waals surface area contributed by atoms with Crippen LogP contribution in [0.5, 0.6) is 0 Å². The molecule has 7 heteroatoms. The molecule has 5 N–H and O–H groups in total. The van der Waals surface area contributed by atoms with E-state index < -0.39 is 0 Å². The van der Waals surface area contributed by atoms with Gasteiger partial charge in [0.1, 0.15) is 0 Å². The van der Waals surface area contributed by atoms with E-state index >= 15 is 0 Å². The predicted molar refractivity (Wildman–Crippen MR) is 110 cm³/mol. The van der Waals surface area contributed by atoms with Crippen molar-refractivity contribution < 1.29 is 0 Å². The van der Waals surface area contributed by atoms with Crippen LogP contribution in [0, 0.1) is 6.92 Å². The van der Waals surface area contributed by atoms with Crippen molar-refractivity contribution in [1.29, 1.82) is 0 Å². The molecule has 124 valence electrons. The van der Waals surface area contributed by atoms with Crippen LogP contribution in [0.15, 0.2) is 53.6 Å². The molecule has 0 saturated carbocycles. The first-order valence-corrected chi connectivity index (χ1v) is 8.10. The van der Waals surface area contributed by atoms with Gasteiger partial charge in [0.15, 0.2) is 10.2 Å². The second-order valence-electron chi connectivity index (χ2n) is 5.20. The number of hydrazone groups is 1. The molecule has 0 spiro atoms. The molecule has 0 fully saturated rings. The fourth-order valence-corrected chi connectivity index (χ4v) is 2.21. The lowest BCUT2D eigenvalue weighted by molar-refractivity contribution is 1.03. The average Bonchev–Trinajstić information content (AvgIpc) is 2.55. The average molecular weight is 358 g/mol. The largest absolute Gasteiger partial charge is 0.375 e. The Kier molecular flexibility index (Phi) is 6.22. The van der Waals surface area contributed by atoms with E-state index in [4.69, 9.17) is 30.2 Å². The topological polar surface area (TPSA) is 74.5 Å². The summed E-state index contributed by atoms with van der Waals surface area (Å²) in [6, 6.07) is 15.8. The molecule has 0 aliphatic rings. The molecule has 0 radical (unpaired) electrons. The molecule has 0 aromatic heterocycles. The monoisotopic (exact) mass is 357 g/mol. The van der Waals surface area contributed by atoms with Gasteiger partial charge in [-0.05, 0) is 68.1 Å². The minimum Gasteiger partial charge on any atom is -0.375 e. The number of nitrogens with one attached hydrogen (secondary N) is 3. The number of rotatable bonds is 4. The number of anilines is 2. The van der Waals surface area contributed by atoms with Gasteiger partial charge in [0, 0.05) is 11.4 Å². The van der Waals surface area contributed by atoms with Gasteiger partial charge >= 0.3 is 0 Å². The highest BCUT2D eigenvalue weighted by Crippen LogP contribution is 2.13. The Morgan fingerprint density at radius 2 is 1.42 bits per heavy atom. The Morgan fingerprint density at radius 1 is 0.917 bits per heavy atom. The van der Waals surface area contributed by atoms with Crippen molar-refractivity contribution in [3.05, 3.63) is 59.7 Å². The molecule has 0 atom stereocenters. The Morgan fingerprint density at radius 3 is 1.92 bits per heavy atom. The maximum Gasteiger partial charge on any atom is 0.184 e. The maximum absolute atomic E-state index is 5.35. The molecular formula is C17H19N5S2. The SMILES string of the molecule is CC(=NNC(N)=S)c1ccc(NC(=S)Nc2ccc(C)cc2)cc1. The van der Waals surface area contributed by atoms with E-state index in [0.717, 1.165) is 22.6 Å². The van der Waals surface area contributed by atoms with E-state index in [0.29, 0.717) is 5.11 Å². The van der Waals surface area contributed by atoms with E-state index in [-0.39, 0.29) is 5.11 Å². The normalized spacial score (nSPS) is 10.8. The second kappa shape index (κ2) is 8.37. The lowest BCUT2D eigenvalue weighted by atomic mass is 10.1. The fourth-order valence-electron chi connectivity index (χ4n) is 1.93. The van der Waals surface area contributed by atoms with Gasteiger partial charge in [-0.2, -0.15) is 5.10 Å². The summed E-state index contributed by atoms with van der Waals surface area (Å²) in [4.78, 5) is 0. The van der Waals surface area contributed by atoms with Gasteiger partial charge in [-0.25, -0.2) is 0 Å². The number of aryl methyl sites for hydroxylation is 1. The Labute approximate surface area is 152 Å². The summed E-state index contributed by atoms with van der Waals surface area (Å²) >= 11 is 10.0. The van der Waals surface area contributed by atoms with Crippen LogP contribution in [0.1, 0.15) is 18.1 Å². The van der Waals surface area contributed by atoms with E-state index in [2.05, 4.69) is 21.2 Å². The number of hydrogen-bond acceptors (Lipinski definition) is 3. The fraction of sp³-hybridized carbons (Fsp3) is 0.118.